The zero-order chi connectivity index (χ0) is 31.2. The monoisotopic (exact) mass is 611 g/mol. The van der Waals surface area contributed by atoms with Crippen molar-refractivity contribution in [1.29, 1.82) is 0 Å². The second kappa shape index (κ2) is 14.0. The molecule has 228 valence electrons. The zero-order valence-electron chi connectivity index (χ0n) is 26.1. The molecule has 3 rings (SSSR count). The first-order valence-corrected chi connectivity index (χ1v) is 16.1. The molecule has 0 aromatic heterocycles. The number of hydrogen-bond donors (Lipinski definition) is 2. The molecular formula is C33H45N3O4S2. The first kappa shape index (κ1) is 33.6. The van der Waals surface area contributed by atoms with Crippen LogP contribution in [0, 0.1) is 5.92 Å². The highest BCUT2D eigenvalue weighted by Crippen LogP contribution is 2.39. The van der Waals surface area contributed by atoms with Gasteiger partial charge in [0.15, 0.2) is 6.10 Å². The number of thiocarbonyl (C=S) groups is 1. The topological polar surface area (TPSA) is 91.2 Å². The van der Waals surface area contributed by atoms with E-state index in [0.717, 1.165) is 30.2 Å². The number of ether oxygens (including phenoxy) is 1. The van der Waals surface area contributed by atoms with Gasteiger partial charge in [-0.2, -0.15) is 10.1 Å². The molecule has 2 aromatic carbocycles. The SMILES string of the molecule is CCC(Oc1ccc(C(C)(C)CC)cc1C(C)(C)CC)C(=O)Nc1ccccc1N1N=C(C)C(CCSC(O)=S)C1=O. The molecule has 0 saturated carbocycles. The molecule has 2 N–H and O–H groups in total. The third kappa shape index (κ3) is 7.72. The van der Waals surface area contributed by atoms with Gasteiger partial charge >= 0.3 is 0 Å². The largest absolute Gasteiger partial charge is 0.494 e. The van der Waals surface area contributed by atoms with E-state index in [4.69, 9.17) is 17.0 Å². The number of thioether (sulfide) groups is 1. The Hall–Kier alpha value is -2.91. The van der Waals surface area contributed by atoms with E-state index in [1.54, 1.807) is 12.1 Å². The number of aliphatic hydroxyl groups is 1. The molecule has 1 aliphatic heterocycles. The number of nitrogens with zero attached hydrogens (tertiary/aromatic N) is 2. The molecule has 2 amide bonds. The molecule has 0 radical (unpaired) electrons. The molecule has 0 aliphatic carbocycles. The standard InChI is InChI=1S/C33H45N3O4S2/c1-9-27(40-28-17-16-22(32(5,6)10-2)20-24(28)33(7,8)11-3)29(37)34-25-14-12-13-15-26(25)36-30(38)23(21(4)35-36)18-19-42-31(39)41/h12-17,20,23,27H,9-11,18-19H2,1-8H3,(H,34,37)(H,39,41). The average molecular weight is 612 g/mol. The van der Waals surface area contributed by atoms with Gasteiger partial charge in [0, 0.05) is 17.0 Å². The van der Waals surface area contributed by atoms with Crippen molar-refractivity contribution in [3.63, 3.8) is 0 Å². The summed E-state index contributed by atoms with van der Waals surface area (Å²) in [5, 5.41) is 18.2. The number of para-hydroxylation sites is 2. The van der Waals surface area contributed by atoms with Crippen LogP contribution in [-0.4, -0.2) is 38.9 Å². The molecule has 0 saturated heterocycles. The number of benzene rings is 2. The molecule has 0 spiro atoms. The summed E-state index contributed by atoms with van der Waals surface area (Å²) in [6.07, 6.45) is 2.17. The number of anilines is 2. The summed E-state index contributed by atoms with van der Waals surface area (Å²) in [7, 11) is 0. The fourth-order valence-electron chi connectivity index (χ4n) is 4.80. The van der Waals surface area contributed by atoms with Crippen molar-refractivity contribution in [2.45, 2.75) is 98.0 Å². The summed E-state index contributed by atoms with van der Waals surface area (Å²) in [5.41, 5.74) is 3.89. The first-order valence-electron chi connectivity index (χ1n) is 14.7. The van der Waals surface area contributed by atoms with Crippen molar-refractivity contribution < 1.29 is 19.4 Å². The minimum Gasteiger partial charge on any atom is -0.494 e. The lowest BCUT2D eigenvalue weighted by Gasteiger charge is -2.31. The Bertz CT molecular complexity index is 1340. The van der Waals surface area contributed by atoms with Gasteiger partial charge in [-0.3, -0.25) is 9.59 Å². The van der Waals surface area contributed by atoms with Gasteiger partial charge in [-0.1, -0.05) is 84.5 Å². The van der Waals surface area contributed by atoms with E-state index < -0.39 is 12.0 Å². The van der Waals surface area contributed by atoms with Crippen LogP contribution in [0.25, 0.3) is 0 Å². The summed E-state index contributed by atoms with van der Waals surface area (Å²) < 4.78 is 6.31. The van der Waals surface area contributed by atoms with Crippen LogP contribution in [0.3, 0.4) is 0 Å². The van der Waals surface area contributed by atoms with Gasteiger partial charge in [-0.05, 0) is 79.4 Å². The molecule has 0 bridgehead atoms. The van der Waals surface area contributed by atoms with E-state index in [1.807, 2.05) is 32.0 Å². The van der Waals surface area contributed by atoms with Crippen molar-refractivity contribution in [3.05, 3.63) is 53.6 Å². The van der Waals surface area contributed by atoms with Crippen molar-refractivity contribution in [2.75, 3.05) is 16.1 Å². The molecule has 9 heteroatoms. The van der Waals surface area contributed by atoms with Gasteiger partial charge in [0.25, 0.3) is 11.8 Å². The van der Waals surface area contributed by atoms with Crippen LogP contribution in [0.15, 0.2) is 47.6 Å². The highest BCUT2D eigenvalue weighted by molar-refractivity contribution is 8.22. The van der Waals surface area contributed by atoms with Crippen molar-refractivity contribution in [1.82, 2.24) is 0 Å². The highest BCUT2D eigenvalue weighted by atomic mass is 32.2. The number of carbonyl (C=O) groups is 2. The number of amides is 2. The number of rotatable bonds is 13. The first-order chi connectivity index (χ1) is 19.7. The van der Waals surface area contributed by atoms with Gasteiger partial charge in [0.2, 0.25) is 4.38 Å². The van der Waals surface area contributed by atoms with Crippen molar-refractivity contribution in [2.24, 2.45) is 11.0 Å². The van der Waals surface area contributed by atoms with E-state index >= 15 is 0 Å². The number of nitrogens with one attached hydrogen (secondary N) is 1. The summed E-state index contributed by atoms with van der Waals surface area (Å²) in [6.45, 7) is 17.0. The molecule has 1 aliphatic rings. The summed E-state index contributed by atoms with van der Waals surface area (Å²) >= 11 is 5.86. The zero-order valence-corrected chi connectivity index (χ0v) is 27.7. The van der Waals surface area contributed by atoms with Gasteiger partial charge in [0.1, 0.15) is 5.75 Å². The lowest BCUT2D eigenvalue weighted by molar-refractivity contribution is -0.123. The Morgan fingerprint density at radius 3 is 2.40 bits per heavy atom. The Morgan fingerprint density at radius 2 is 1.79 bits per heavy atom. The molecular weight excluding hydrogens is 567 g/mol. The van der Waals surface area contributed by atoms with Crippen LogP contribution in [0.1, 0.15) is 92.2 Å². The smallest absolute Gasteiger partial charge is 0.265 e. The maximum Gasteiger partial charge on any atom is 0.265 e. The summed E-state index contributed by atoms with van der Waals surface area (Å²) in [5.74, 6) is 0.339. The Labute approximate surface area is 260 Å². The molecule has 0 fully saturated rings. The number of carbonyl (C=O) groups excluding carboxylic acids is 2. The highest BCUT2D eigenvalue weighted by Gasteiger charge is 2.35. The minimum absolute atomic E-state index is 0.0274. The van der Waals surface area contributed by atoms with Gasteiger partial charge in [0.05, 0.1) is 17.3 Å². The maximum atomic E-state index is 13.6. The molecule has 1 heterocycles. The van der Waals surface area contributed by atoms with Gasteiger partial charge < -0.3 is 15.2 Å². The maximum absolute atomic E-state index is 13.6. The number of hydrogen-bond acceptors (Lipinski definition) is 6. The molecule has 2 atom stereocenters. The minimum atomic E-state index is -0.735. The molecule has 2 aromatic rings. The van der Waals surface area contributed by atoms with E-state index in [0.29, 0.717) is 41.4 Å². The summed E-state index contributed by atoms with van der Waals surface area (Å²) in [6, 6.07) is 13.5. The summed E-state index contributed by atoms with van der Waals surface area (Å²) in [4.78, 5) is 26.9. The van der Waals surface area contributed by atoms with Crippen LogP contribution in [0.4, 0.5) is 11.4 Å². The van der Waals surface area contributed by atoms with Gasteiger partial charge in [-0.25, -0.2) is 0 Å². The third-order valence-corrected chi connectivity index (χ3v) is 9.52. The van der Waals surface area contributed by atoms with Crippen molar-refractivity contribution >= 4 is 57.3 Å². The van der Waals surface area contributed by atoms with Gasteiger partial charge in [-0.15, -0.1) is 0 Å². The third-order valence-electron chi connectivity index (χ3n) is 8.48. The Kier molecular flexibility index (Phi) is 11.2. The van der Waals surface area contributed by atoms with Crippen LogP contribution >= 0.6 is 24.0 Å². The van der Waals surface area contributed by atoms with E-state index in [-0.39, 0.29) is 27.0 Å². The Morgan fingerprint density at radius 1 is 1.12 bits per heavy atom. The van der Waals surface area contributed by atoms with E-state index in [1.165, 1.54) is 10.6 Å². The molecule has 42 heavy (non-hydrogen) atoms. The Balaban J connectivity index is 1.85. The second-order valence-electron chi connectivity index (χ2n) is 12.1. The van der Waals surface area contributed by atoms with Crippen LogP contribution < -0.4 is 15.1 Å². The molecule has 2 unspecified atom stereocenters. The lowest BCUT2D eigenvalue weighted by Crippen LogP contribution is -2.34. The second-order valence-corrected chi connectivity index (χ2v) is 13.8. The lowest BCUT2D eigenvalue weighted by atomic mass is 9.76. The van der Waals surface area contributed by atoms with Crippen LogP contribution in [0.2, 0.25) is 0 Å². The van der Waals surface area contributed by atoms with Crippen LogP contribution in [0.5, 0.6) is 5.75 Å². The average Bonchev–Trinajstić information content (AvgIpc) is 3.24. The number of hydrazone groups is 1. The van der Waals surface area contributed by atoms with E-state index in [9.17, 15) is 14.7 Å². The van der Waals surface area contributed by atoms with E-state index in [2.05, 4.69) is 64.1 Å². The predicted octanol–water partition coefficient (Wildman–Crippen LogP) is 8.16. The predicted molar refractivity (Wildman–Crippen MR) is 179 cm³/mol. The normalized spacial score (nSPS) is 16.3. The quantitative estimate of drug-likeness (QED) is 0.222. The number of aliphatic hydroxyl groups excluding tert-OH is 1. The fraction of sp³-hybridized carbons (Fsp3) is 0.515. The fourth-order valence-corrected chi connectivity index (χ4v) is 5.58. The van der Waals surface area contributed by atoms with Crippen LogP contribution in [-0.2, 0) is 20.4 Å². The van der Waals surface area contributed by atoms with Crippen molar-refractivity contribution in [3.8, 4) is 5.75 Å². The molecule has 7 nitrogen and oxygen atoms in total.